The molecule has 10 heteroatoms. The van der Waals surface area contributed by atoms with E-state index in [1.165, 1.54) is 5.01 Å². The van der Waals surface area contributed by atoms with E-state index in [1.807, 2.05) is 56.3 Å². The third-order valence-corrected chi connectivity index (χ3v) is 6.28. The van der Waals surface area contributed by atoms with Gasteiger partial charge in [-0.2, -0.15) is 4.91 Å². The lowest BCUT2D eigenvalue weighted by molar-refractivity contribution is 0.0778. The summed E-state index contributed by atoms with van der Waals surface area (Å²) < 4.78 is 16.5. The van der Waals surface area contributed by atoms with E-state index < -0.39 is 6.10 Å². The maximum Gasteiger partial charge on any atom is 0.188 e. The summed E-state index contributed by atoms with van der Waals surface area (Å²) in [6.07, 6.45) is -0.132. The van der Waals surface area contributed by atoms with Gasteiger partial charge < -0.3 is 23.9 Å². The zero-order valence-electron chi connectivity index (χ0n) is 21.2. The molecule has 0 saturated heterocycles. The Morgan fingerprint density at radius 1 is 1.11 bits per heavy atom. The van der Waals surface area contributed by atoms with Crippen LogP contribution in [0, 0.1) is 4.91 Å². The molecule has 0 aliphatic carbocycles. The molecule has 8 nitrogen and oxygen atoms in total. The lowest BCUT2D eigenvalue weighted by Gasteiger charge is -2.27. The Morgan fingerprint density at radius 3 is 2.36 bits per heavy atom. The highest BCUT2D eigenvalue weighted by Gasteiger charge is 2.25. The van der Waals surface area contributed by atoms with Crippen LogP contribution in [0.25, 0.3) is 0 Å². The summed E-state index contributed by atoms with van der Waals surface area (Å²) in [6.45, 7) is 8.44. The van der Waals surface area contributed by atoms with Crippen molar-refractivity contribution in [3.8, 4) is 17.2 Å². The normalized spacial score (nSPS) is 12.0. The smallest absolute Gasteiger partial charge is 0.188 e. The lowest BCUT2D eigenvalue weighted by atomic mass is 9.78. The van der Waals surface area contributed by atoms with E-state index in [0.29, 0.717) is 35.4 Å². The molecule has 0 aliphatic rings. The van der Waals surface area contributed by atoms with Crippen molar-refractivity contribution in [3.05, 3.63) is 69.8 Å². The van der Waals surface area contributed by atoms with Gasteiger partial charge in [0.05, 0.1) is 18.8 Å². The molecular formula is C26H35Cl2N3O5. The number of aliphatic hydroxyl groups excluding tert-OH is 1. The average molecular weight is 540 g/mol. The van der Waals surface area contributed by atoms with Crippen molar-refractivity contribution in [2.24, 2.45) is 11.0 Å². The zero-order valence-corrected chi connectivity index (χ0v) is 22.7. The zero-order chi connectivity index (χ0) is 26.7. The van der Waals surface area contributed by atoms with E-state index >= 15 is 0 Å². The SMILES string of the molecule is CC(C)=C(CN=O)N(N)C[C@@H](O)COc1ccc(C(C)(C)c2ccc(OCCCCl)c(OCl)c2)cc1. The Balaban J connectivity index is 2.03. The van der Waals surface area contributed by atoms with E-state index in [4.69, 9.17) is 43.1 Å². The number of alkyl halides is 1. The fraction of sp³-hybridized carbons (Fsp3) is 0.462. The number of nitroso groups, excluding NO2 is 1. The van der Waals surface area contributed by atoms with Crippen molar-refractivity contribution in [1.29, 1.82) is 0 Å². The van der Waals surface area contributed by atoms with Gasteiger partial charge in [0.25, 0.3) is 0 Å². The van der Waals surface area contributed by atoms with Crippen LogP contribution in [0.3, 0.4) is 0 Å². The summed E-state index contributed by atoms with van der Waals surface area (Å²) in [4.78, 5) is 10.6. The largest absolute Gasteiger partial charge is 0.491 e. The highest BCUT2D eigenvalue weighted by molar-refractivity contribution is 6.17. The van der Waals surface area contributed by atoms with Crippen molar-refractivity contribution < 1.29 is 18.9 Å². The van der Waals surface area contributed by atoms with E-state index in [-0.39, 0.29) is 25.1 Å². The molecule has 2 aromatic rings. The predicted molar refractivity (Wildman–Crippen MR) is 144 cm³/mol. The molecule has 36 heavy (non-hydrogen) atoms. The molecule has 3 N–H and O–H groups in total. The van der Waals surface area contributed by atoms with Crippen LogP contribution in [0.4, 0.5) is 0 Å². The van der Waals surface area contributed by atoms with E-state index in [2.05, 4.69) is 19.0 Å². The fourth-order valence-corrected chi connectivity index (χ4v) is 3.86. The molecule has 0 saturated carbocycles. The van der Waals surface area contributed by atoms with E-state index in [9.17, 15) is 10.0 Å². The second-order valence-electron chi connectivity index (χ2n) is 9.13. The predicted octanol–water partition coefficient (Wildman–Crippen LogP) is 5.53. The number of allylic oxidation sites excluding steroid dienone is 1. The summed E-state index contributed by atoms with van der Waals surface area (Å²) in [5.74, 6) is 8.12. The van der Waals surface area contributed by atoms with Crippen LogP contribution in [0.5, 0.6) is 17.2 Å². The van der Waals surface area contributed by atoms with Gasteiger partial charge in [-0.15, -0.1) is 11.6 Å². The number of halogens is 2. The van der Waals surface area contributed by atoms with Crippen molar-refractivity contribution in [3.63, 3.8) is 0 Å². The third-order valence-electron chi connectivity index (χ3n) is 5.85. The van der Waals surface area contributed by atoms with Gasteiger partial charge in [0.15, 0.2) is 11.5 Å². The Morgan fingerprint density at radius 2 is 1.78 bits per heavy atom. The number of hydrazine groups is 1. The van der Waals surface area contributed by atoms with Crippen LogP contribution in [-0.4, -0.2) is 48.4 Å². The molecule has 0 unspecified atom stereocenters. The minimum absolute atomic E-state index is 0.0442. The van der Waals surface area contributed by atoms with Crippen molar-refractivity contribution in [1.82, 2.24) is 5.01 Å². The van der Waals surface area contributed by atoms with Crippen molar-refractivity contribution >= 4 is 23.5 Å². The quantitative estimate of drug-likeness (QED) is 0.101. The molecule has 0 radical (unpaired) electrons. The highest BCUT2D eigenvalue weighted by atomic mass is 35.5. The maximum absolute atomic E-state index is 10.6. The molecule has 0 bridgehead atoms. The van der Waals surface area contributed by atoms with Gasteiger partial charge in [-0.1, -0.05) is 42.8 Å². The van der Waals surface area contributed by atoms with Crippen LogP contribution >= 0.6 is 23.5 Å². The molecule has 2 aromatic carbocycles. The molecule has 2 rings (SSSR count). The molecule has 198 valence electrons. The van der Waals surface area contributed by atoms with Gasteiger partial charge in [0, 0.05) is 11.3 Å². The topological polar surface area (TPSA) is 107 Å². The van der Waals surface area contributed by atoms with Crippen LogP contribution in [0.1, 0.15) is 45.2 Å². The number of nitrogens with two attached hydrogens (primary N) is 1. The number of hydrogen-bond acceptors (Lipinski definition) is 8. The van der Waals surface area contributed by atoms with Gasteiger partial charge >= 0.3 is 0 Å². The van der Waals surface area contributed by atoms with E-state index in [1.54, 1.807) is 0 Å². The van der Waals surface area contributed by atoms with Crippen LogP contribution in [0.15, 0.2) is 58.9 Å². The fourth-order valence-electron chi connectivity index (χ4n) is 3.63. The molecular weight excluding hydrogens is 505 g/mol. The number of hydrogen-bond donors (Lipinski definition) is 2. The van der Waals surface area contributed by atoms with Crippen LogP contribution in [0.2, 0.25) is 0 Å². The number of rotatable bonds is 15. The summed E-state index contributed by atoms with van der Waals surface area (Å²) in [5.41, 5.74) is 3.13. The average Bonchev–Trinajstić information content (AvgIpc) is 2.86. The van der Waals surface area contributed by atoms with Crippen LogP contribution < -0.4 is 19.6 Å². The maximum atomic E-state index is 10.6. The minimum Gasteiger partial charge on any atom is -0.491 e. The Labute approximate surface area is 223 Å². The van der Waals surface area contributed by atoms with Gasteiger partial charge in [0.2, 0.25) is 0 Å². The number of aliphatic hydroxyl groups is 1. The number of benzene rings is 2. The minimum atomic E-state index is -0.855. The standard InChI is InChI=1S/C26H35Cl2N3O5/c1-18(2)23(15-30-33)31(29)16-21(32)17-35-22-9-6-19(7-10-22)26(3,4)20-8-11-24(25(14-20)36-28)34-13-5-12-27/h6-11,14,21,32H,5,12-13,15-17,29H2,1-4H3/t21-/m1/s1. The molecule has 0 spiro atoms. The second kappa shape index (κ2) is 14.3. The van der Waals surface area contributed by atoms with Crippen molar-refractivity contribution in [2.45, 2.75) is 45.6 Å². The Kier molecular flexibility index (Phi) is 11.8. The van der Waals surface area contributed by atoms with Crippen LogP contribution in [-0.2, 0) is 5.41 Å². The molecule has 0 heterocycles. The summed E-state index contributed by atoms with van der Waals surface area (Å²) >= 11 is 11.4. The monoisotopic (exact) mass is 539 g/mol. The number of ether oxygens (including phenoxy) is 2. The van der Waals surface area contributed by atoms with Gasteiger partial charge in [-0.05, 0) is 55.7 Å². The summed E-state index contributed by atoms with van der Waals surface area (Å²) in [6, 6.07) is 13.3. The first-order valence-corrected chi connectivity index (χ1v) is 12.5. The first-order chi connectivity index (χ1) is 17.1. The second-order valence-corrected chi connectivity index (χ2v) is 9.66. The highest BCUT2D eigenvalue weighted by Crippen LogP contribution is 2.38. The molecule has 0 aliphatic heterocycles. The first-order valence-electron chi connectivity index (χ1n) is 11.6. The Hall–Kier alpha value is -2.52. The lowest BCUT2D eigenvalue weighted by Crippen LogP contribution is -2.40. The first kappa shape index (κ1) is 29.7. The molecule has 0 aromatic heterocycles. The molecule has 1 atom stereocenters. The summed E-state index contributed by atoms with van der Waals surface area (Å²) in [5, 5.41) is 14.6. The Bertz CT molecular complexity index is 1010. The van der Waals surface area contributed by atoms with E-state index in [0.717, 1.165) is 23.1 Å². The summed E-state index contributed by atoms with van der Waals surface area (Å²) in [7, 11) is 0. The number of nitrogens with zero attached hydrogens (tertiary/aromatic N) is 2. The van der Waals surface area contributed by atoms with Gasteiger partial charge in [-0.25, -0.2) is 5.84 Å². The molecule has 0 amide bonds. The van der Waals surface area contributed by atoms with Crippen molar-refractivity contribution in [2.75, 3.05) is 32.2 Å². The van der Waals surface area contributed by atoms with Gasteiger partial charge in [-0.3, -0.25) is 0 Å². The third kappa shape index (κ3) is 8.27. The molecule has 0 fully saturated rings. The van der Waals surface area contributed by atoms with Gasteiger partial charge in [0.1, 0.15) is 36.9 Å².